The van der Waals surface area contributed by atoms with Gasteiger partial charge in [-0.2, -0.15) is 0 Å². The molecule has 1 atom stereocenters. The van der Waals surface area contributed by atoms with Crippen molar-refractivity contribution in [3.63, 3.8) is 0 Å². The van der Waals surface area contributed by atoms with E-state index in [9.17, 15) is 9.18 Å². The average molecular weight is 331 g/mol. The molecular formula is C16H24ClFN2O2. The molecule has 0 bridgehead atoms. The monoisotopic (exact) mass is 330 g/mol. The highest BCUT2D eigenvalue weighted by atomic mass is 35.5. The van der Waals surface area contributed by atoms with Gasteiger partial charge in [0.1, 0.15) is 6.61 Å². The maximum Gasteiger partial charge on any atom is 0.222 e. The Morgan fingerprint density at radius 3 is 2.91 bits per heavy atom. The summed E-state index contributed by atoms with van der Waals surface area (Å²) in [5.41, 5.74) is 0. The summed E-state index contributed by atoms with van der Waals surface area (Å²) in [5, 5.41) is 3.38. The number of hydrogen-bond acceptors (Lipinski definition) is 3. The highest BCUT2D eigenvalue weighted by molar-refractivity contribution is 5.85. The standard InChI is InChI=1S/C16H23FN2O2.ClH/c1-19(16(20)9-8-13-5-4-10-18-13)11-12-21-15-7-3-2-6-14(15)17;/h2-3,6-7,13,18H,4-5,8-12H2,1H3;1H. The molecule has 1 unspecified atom stereocenters. The van der Waals surface area contributed by atoms with Crippen molar-refractivity contribution in [2.45, 2.75) is 31.7 Å². The minimum Gasteiger partial charge on any atom is -0.489 e. The lowest BCUT2D eigenvalue weighted by Gasteiger charge is -2.18. The fourth-order valence-corrected chi connectivity index (χ4v) is 2.47. The van der Waals surface area contributed by atoms with Gasteiger partial charge in [0.2, 0.25) is 5.91 Å². The lowest BCUT2D eigenvalue weighted by molar-refractivity contribution is -0.130. The molecule has 1 aliphatic heterocycles. The van der Waals surface area contributed by atoms with E-state index in [1.54, 1.807) is 30.1 Å². The number of carbonyl (C=O) groups excluding carboxylic acids is 1. The summed E-state index contributed by atoms with van der Waals surface area (Å²) in [6.07, 6.45) is 3.80. The van der Waals surface area contributed by atoms with E-state index < -0.39 is 0 Å². The summed E-state index contributed by atoms with van der Waals surface area (Å²) in [4.78, 5) is 13.6. The first-order chi connectivity index (χ1) is 10.2. The Morgan fingerprint density at radius 1 is 1.45 bits per heavy atom. The van der Waals surface area contributed by atoms with Crippen LogP contribution in [0.1, 0.15) is 25.7 Å². The third kappa shape index (κ3) is 5.81. The SMILES string of the molecule is CN(CCOc1ccccc1F)C(=O)CCC1CCCN1.Cl. The molecule has 1 heterocycles. The van der Waals surface area contributed by atoms with E-state index in [1.807, 2.05) is 0 Å². The number of nitrogens with zero attached hydrogens (tertiary/aromatic N) is 1. The average Bonchev–Trinajstić information content (AvgIpc) is 3.00. The molecule has 0 radical (unpaired) electrons. The minimum absolute atomic E-state index is 0. The van der Waals surface area contributed by atoms with E-state index in [-0.39, 0.29) is 29.9 Å². The summed E-state index contributed by atoms with van der Waals surface area (Å²) in [7, 11) is 1.76. The molecule has 1 N–H and O–H groups in total. The molecule has 1 aromatic carbocycles. The van der Waals surface area contributed by atoms with Crippen molar-refractivity contribution >= 4 is 18.3 Å². The van der Waals surface area contributed by atoms with Crippen molar-refractivity contribution in [1.82, 2.24) is 10.2 Å². The van der Waals surface area contributed by atoms with Crippen molar-refractivity contribution in [2.24, 2.45) is 0 Å². The lowest BCUT2D eigenvalue weighted by atomic mass is 10.1. The van der Waals surface area contributed by atoms with E-state index in [2.05, 4.69) is 5.32 Å². The van der Waals surface area contributed by atoms with Crippen molar-refractivity contribution in [1.29, 1.82) is 0 Å². The Labute approximate surface area is 137 Å². The molecule has 1 aromatic rings. The molecular weight excluding hydrogens is 307 g/mol. The molecule has 0 spiro atoms. The topological polar surface area (TPSA) is 41.6 Å². The fraction of sp³-hybridized carbons (Fsp3) is 0.562. The van der Waals surface area contributed by atoms with Gasteiger partial charge in [-0.05, 0) is 37.9 Å². The maximum atomic E-state index is 13.4. The number of carbonyl (C=O) groups is 1. The van der Waals surface area contributed by atoms with Crippen LogP contribution in [-0.4, -0.2) is 43.6 Å². The predicted octanol–water partition coefficient (Wildman–Crippen LogP) is 2.62. The molecule has 1 amide bonds. The molecule has 1 fully saturated rings. The largest absolute Gasteiger partial charge is 0.489 e. The molecule has 2 rings (SSSR count). The summed E-state index contributed by atoms with van der Waals surface area (Å²) >= 11 is 0. The van der Waals surface area contributed by atoms with Gasteiger partial charge in [-0.15, -0.1) is 12.4 Å². The van der Waals surface area contributed by atoms with Crippen LogP contribution in [0.3, 0.4) is 0 Å². The van der Waals surface area contributed by atoms with Crippen LogP contribution in [0.2, 0.25) is 0 Å². The smallest absolute Gasteiger partial charge is 0.222 e. The molecule has 1 aliphatic rings. The van der Waals surface area contributed by atoms with Crippen LogP contribution in [0, 0.1) is 5.82 Å². The number of halogens is 2. The Kier molecular flexibility index (Phi) is 8.20. The van der Waals surface area contributed by atoms with Gasteiger partial charge in [-0.1, -0.05) is 12.1 Å². The third-order valence-electron chi connectivity index (χ3n) is 3.82. The van der Waals surface area contributed by atoms with E-state index in [0.717, 1.165) is 19.4 Å². The van der Waals surface area contributed by atoms with Crippen LogP contribution in [0.25, 0.3) is 0 Å². The van der Waals surface area contributed by atoms with Gasteiger partial charge in [0.15, 0.2) is 11.6 Å². The van der Waals surface area contributed by atoms with Gasteiger partial charge in [0.25, 0.3) is 0 Å². The predicted molar refractivity (Wildman–Crippen MR) is 87.0 cm³/mol. The second-order valence-corrected chi connectivity index (χ2v) is 5.43. The lowest BCUT2D eigenvalue weighted by Crippen LogP contribution is -2.32. The van der Waals surface area contributed by atoms with Crippen LogP contribution in [0.15, 0.2) is 24.3 Å². The molecule has 6 heteroatoms. The number of para-hydroxylation sites is 1. The molecule has 22 heavy (non-hydrogen) atoms. The van der Waals surface area contributed by atoms with E-state index in [4.69, 9.17) is 4.74 Å². The summed E-state index contributed by atoms with van der Waals surface area (Å²) in [5.74, 6) is -0.0341. The van der Waals surface area contributed by atoms with Gasteiger partial charge in [0, 0.05) is 19.5 Å². The number of hydrogen-bond donors (Lipinski definition) is 1. The molecule has 124 valence electrons. The Morgan fingerprint density at radius 2 is 2.23 bits per heavy atom. The number of ether oxygens (including phenoxy) is 1. The Hall–Kier alpha value is -1.33. The van der Waals surface area contributed by atoms with Crippen LogP contribution in [0.4, 0.5) is 4.39 Å². The van der Waals surface area contributed by atoms with Gasteiger partial charge < -0.3 is 15.0 Å². The number of nitrogens with one attached hydrogen (secondary N) is 1. The number of rotatable bonds is 7. The number of amides is 1. The van der Waals surface area contributed by atoms with Gasteiger partial charge >= 0.3 is 0 Å². The van der Waals surface area contributed by atoms with Crippen molar-refractivity contribution < 1.29 is 13.9 Å². The summed E-state index contributed by atoms with van der Waals surface area (Å²) in [6.45, 7) is 1.82. The fourth-order valence-electron chi connectivity index (χ4n) is 2.47. The second kappa shape index (κ2) is 9.64. The zero-order valence-corrected chi connectivity index (χ0v) is 13.7. The Balaban J connectivity index is 0.00000242. The van der Waals surface area contributed by atoms with Crippen LogP contribution in [-0.2, 0) is 4.79 Å². The van der Waals surface area contributed by atoms with E-state index in [0.29, 0.717) is 25.6 Å². The minimum atomic E-state index is -0.376. The number of likely N-dealkylation sites (N-methyl/N-ethyl adjacent to an activating group) is 1. The number of benzene rings is 1. The summed E-state index contributed by atoms with van der Waals surface area (Å²) < 4.78 is 18.7. The van der Waals surface area contributed by atoms with Crippen molar-refractivity contribution in [2.75, 3.05) is 26.7 Å². The molecule has 0 aromatic heterocycles. The first-order valence-corrected chi connectivity index (χ1v) is 7.51. The van der Waals surface area contributed by atoms with Crippen LogP contribution >= 0.6 is 12.4 Å². The van der Waals surface area contributed by atoms with Crippen LogP contribution in [0.5, 0.6) is 5.75 Å². The van der Waals surface area contributed by atoms with Gasteiger partial charge in [-0.3, -0.25) is 4.79 Å². The zero-order valence-electron chi connectivity index (χ0n) is 12.9. The maximum absolute atomic E-state index is 13.4. The highest BCUT2D eigenvalue weighted by Crippen LogP contribution is 2.15. The van der Waals surface area contributed by atoms with E-state index >= 15 is 0 Å². The first-order valence-electron chi connectivity index (χ1n) is 7.51. The quantitative estimate of drug-likeness (QED) is 0.835. The normalized spacial score (nSPS) is 16.9. The summed E-state index contributed by atoms with van der Waals surface area (Å²) in [6, 6.07) is 6.77. The van der Waals surface area contributed by atoms with Gasteiger partial charge in [-0.25, -0.2) is 4.39 Å². The van der Waals surface area contributed by atoms with Crippen LogP contribution < -0.4 is 10.1 Å². The second-order valence-electron chi connectivity index (χ2n) is 5.43. The van der Waals surface area contributed by atoms with Gasteiger partial charge in [0.05, 0.1) is 6.54 Å². The Bertz CT molecular complexity index is 467. The third-order valence-corrected chi connectivity index (χ3v) is 3.82. The molecule has 0 saturated carbocycles. The van der Waals surface area contributed by atoms with Crippen molar-refractivity contribution in [3.05, 3.63) is 30.1 Å². The molecule has 4 nitrogen and oxygen atoms in total. The molecule has 0 aliphatic carbocycles. The van der Waals surface area contributed by atoms with E-state index in [1.165, 1.54) is 12.5 Å². The highest BCUT2D eigenvalue weighted by Gasteiger charge is 2.16. The van der Waals surface area contributed by atoms with Crippen molar-refractivity contribution in [3.8, 4) is 5.75 Å². The zero-order chi connectivity index (χ0) is 15.1. The molecule has 1 saturated heterocycles. The first kappa shape index (κ1) is 18.7.